The van der Waals surface area contributed by atoms with Gasteiger partial charge in [0.25, 0.3) is 10.2 Å². The van der Waals surface area contributed by atoms with Crippen molar-refractivity contribution in [1.82, 2.24) is 18.8 Å². The van der Waals surface area contributed by atoms with Crippen molar-refractivity contribution in [2.75, 3.05) is 13.1 Å². The summed E-state index contributed by atoms with van der Waals surface area (Å²) in [6, 6.07) is 1.99. The van der Waals surface area contributed by atoms with Crippen molar-refractivity contribution in [3.05, 3.63) is 17.5 Å². The zero-order valence-corrected chi connectivity index (χ0v) is 12.2. The Balaban J connectivity index is 1.94. The summed E-state index contributed by atoms with van der Waals surface area (Å²) < 4.78 is 30.0. The lowest BCUT2D eigenvalue weighted by atomic mass is 10.1. The van der Waals surface area contributed by atoms with Gasteiger partial charge >= 0.3 is 0 Å². The first kappa shape index (κ1) is 14.4. The van der Waals surface area contributed by atoms with E-state index in [1.54, 1.807) is 4.68 Å². The van der Waals surface area contributed by atoms with Crippen LogP contribution in [0, 0.1) is 6.92 Å². The summed E-state index contributed by atoms with van der Waals surface area (Å²) in [4.78, 5) is 0. The van der Waals surface area contributed by atoms with Crippen LogP contribution in [-0.2, 0) is 23.8 Å². The fourth-order valence-electron chi connectivity index (χ4n) is 2.09. The molecule has 2 heterocycles. The molecule has 7 nitrogen and oxygen atoms in total. The van der Waals surface area contributed by atoms with E-state index in [-0.39, 0.29) is 12.6 Å². The van der Waals surface area contributed by atoms with Gasteiger partial charge in [-0.2, -0.15) is 22.5 Å². The van der Waals surface area contributed by atoms with E-state index in [4.69, 9.17) is 5.73 Å². The monoisotopic (exact) mass is 287 g/mol. The smallest absolute Gasteiger partial charge is 0.279 e. The molecule has 0 radical (unpaired) electrons. The highest BCUT2D eigenvalue weighted by molar-refractivity contribution is 7.87. The van der Waals surface area contributed by atoms with Gasteiger partial charge < -0.3 is 5.73 Å². The van der Waals surface area contributed by atoms with Crippen molar-refractivity contribution < 1.29 is 8.42 Å². The van der Waals surface area contributed by atoms with Gasteiger partial charge in [0.1, 0.15) is 0 Å². The molecule has 108 valence electrons. The number of nitrogens with zero attached hydrogens (tertiary/aromatic N) is 3. The molecule has 8 heteroatoms. The second-order valence-corrected chi connectivity index (χ2v) is 6.72. The quantitative estimate of drug-likeness (QED) is 0.779. The molecule has 19 heavy (non-hydrogen) atoms. The minimum Gasteiger partial charge on any atom is -0.328 e. The summed E-state index contributed by atoms with van der Waals surface area (Å²) in [5.41, 5.74) is 7.49. The van der Waals surface area contributed by atoms with E-state index < -0.39 is 10.2 Å². The lowest BCUT2D eigenvalue weighted by Gasteiger charge is -2.29. The maximum absolute atomic E-state index is 12.1. The summed E-state index contributed by atoms with van der Waals surface area (Å²) >= 11 is 0. The third kappa shape index (κ3) is 3.53. The topological polar surface area (TPSA) is 93.2 Å². The lowest BCUT2D eigenvalue weighted by molar-refractivity contribution is 0.316. The SMILES string of the molecule is Cc1cc(CNS(=O)(=O)N2CCC(N)CC2)nn1C. The molecule has 0 atom stereocenters. The Bertz CT molecular complexity index is 512. The zero-order valence-electron chi connectivity index (χ0n) is 11.3. The number of rotatable bonds is 4. The second-order valence-electron chi connectivity index (χ2n) is 4.96. The summed E-state index contributed by atoms with van der Waals surface area (Å²) in [5, 5.41) is 4.22. The van der Waals surface area contributed by atoms with Crippen LogP contribution in [-0.4, -0.2) is 41.6 Å². The van der Waals surface area contributed by atoms with Gasteiger partial charge in [0.2, 0.25) is 0 Å². The third-order valence-corrected chi connectivity index (χ3v) is 4.99. The van der Waals surface area contributed by atoms with Crippen molar-refractivity contribution in [3.8, 4) is 0 Å². The molecule has 0 aromatic carbocycles. The van der Waals surface area contributed by atoms with Gasteiger partial charge in [-0.25, -0.2) is 0 Å². The largest absolute Gasteiger partial charge is 0.328 e. The van der Waals surface area contributed by atoms with Crippen molar-refractivity contribution in [3.63, 3.8) is 0 Å². The Hall–Kier alpha value is -0.960. The molecule has 3 N–H and O–H groups in total. The Kier molecular flexibility index (Phi) is 4.24. The van der Waals surface area contributed by atoms with E-state index >= 15 is 0 Å². The van der Waals surface area contributed by atoms with Gasteiger partial charge in [-0.15, -0.1) is 0 Å². The maximum atomic E-state index is 12.1. The summed E-state index contributed by atoms with van der Waals surface area (Å²) in [5.74, 6) is 0. The number of piperidine rings is 1. The van der Waals surface area contributed by atoms with Crippen molar-refractivity contribution in [2.24, 2.45) is 12.8 Å². The Morgan fingerprint density at radius 3 is 2.63 bits per heavy atom. The van der Waals surface area contributed by atoms with Crippen molar-refractivity contribution >= 4 is 10.2 Å². The van der Waals surface area contributed by atoms with Crippen LogP contribution in [0.15, 0.2) is 6.07 Å². The van der Waals surface area contributed by atoms with Crippen LogP contribution >= 0.6 is 0 Å². The number of nitrogens with one attached hydrogen (secondary N) is 1. The van der Waals surface area contributed by atoms with Crippen LogP contribution in [0.4, 0.5) is 0 Å². The molecule has 1 aromatic heterocycles. The number of hydrogen-bond acceptors (Lipinski definition) is 4. The molecule has 2 rings (SSSR count). The highest BCUT2D eigenvalue weighted by Crippen LogP contribution is 2.12. The first-order chi connectivity index (χ1) is 8.88. The summed E-state index contributed by atoms with van der Waals surface area (Å²) in [6.45, 7) is 3.11. The highest BCUT2D eigenvalue weighted by atomic mass is 32.2. The third-order valence-electron chi connectivity index (χ3n) is 3.44. The maximum Gasteiger partial charge on any atom is 0.279 e. The lowest BCUT2D eigenvalue weighted by Crippen LogP contribution is -2.47. The zero-order chi connectivity index (χ0) is 14.0. The number of nitrogens with two attached hydrogens (primary N) is 1. The molecule has 0 amide bonds. The first-order valence-corrected chi connectivity index (χ1v) is 7.82. The van der Waals surface area contributed by atoms with Gasteiger partial charge in [0.15, 0.2) is 0 Å². The molecule has 1 aromatic rings. The fourth-order valence-corrected chi connectivity index (χ4v) is 3.30. The van der Waals surface area contributed by atoms with Gasteiger partial charge in [0, 0.05) is 31.9 Å². The van der Waals surface area contributed by atoms with Gasteiger partial charge in [-0.05, 0) is 25.8 Å². The van der Waals surface area contributed by atoms with Crippen LogP contribution in [0.25, 0.3) is 0 Å². The predicted octanol–water partition coefficient (Wildman–Crippen LogP) is -0.514. The van der Waals surface area contributed by atoms with Crippen LogP contribution in [0.1, 0.15) is 24.2 Å². The van der Waals surface area contributed by atoms with E-state index in [0.717, 1.165) is 11.4 Å². The van der Waals surface area contributed by atoms with Gasteiger partial charge in [0.05, 0.1) is 12.2 Å². The minimum atomic E-state index is -3.43. The molecule has 1 aliphatic rings. The molecule has 0 unspecified atom stereocenters. The molecule has 0 aliphatic carbocycles. The molecule has 1 aliphatic heterocycles. The van der Waals surface area contributed by atoms with Crippen LogP contribution < -0.4 is 10.5 Å². The molecule has 1 saturated heterocycles. The summed E-state index contributed by atoms with van der Waals surface area (Å²) in [6.07, 6.45) is 1.42. The Morgan fingerprint density at radius 2 is 2.11 bits per heavy atom. The highest BCUT2D eigenvalue weighted by Gasteiger charge is 2.26. The number of hydrogen-bond donors (Lipinski definition) is 2. The Labute approximate surface area is 113 Å². The van der Waals surface area contributed by atoms with Crippen molar-refractivity contribution in [2.45, 2.75) is 32.4 Å². The summed E-state index contributed by atoms with van der Waals surface area (Å²) in [7, 11) is -1.60. The van der Waals surface area contributed by atoms with E-state index in [1.165, 1.54) is 4.31 Å². The molecule has 0 bridgehead atoms. The molecule has 1 fully saturated rings. The standard InChI is InChI=1S/C11H21N5O2S/c1-9-7-11(14-15(9)2)8-13-19(17,18)16-5-3-10(12)4-6-16/h7,10,13H,3-6,8,12H2,1-2H3. The average molecular weight is 287 g/mol. The normalized spacial score (nSPS) is 18.9. The first-order valence-electron chi connectivity index (χ1n) is 6.38. The molecule has 0 spiro atoms. The predicted molar refractivity (Wildman–Crippen MR) is 72.5 cm³/mol. The Morgan fingerprint density at radius 1 is 1.47 bits per heavy atom. The number of aryl methyl sites for hydroxylation is 2. The van der Waals surface area contributed by atoms with Gasteiger partial charge in [-0.1, -0.05) is 0 Å². The van der Waals surface area contributed by atoms with Crippen LogP contribution in [0.2, 0.25) is 0 Å². The average Bonchev–Trinajstić information content (AvgIpc) is 2.67. The van der Waals surface area contributed by atoms with E-state index in [1.807, 2.05) is 20.0 Å². The van der Waals surface area contributed by atoms with Crippen LogP contribution in [0.5, 0.6) is 0 Å². The fraction of sp³-hybridized carbons (Fsp3) is 0.727. The van der Waals surface area contributed by atoms with Gasteiger partial charge in [-0.3, -0.25) is 4.68 Å². The second kappa shape index (κ2) is 5.58. The van der Waals surface area contributed by atoms with Crippen molar-refractivity contribution in [1.29, 1.82) is 0 Å². The van der Waals surface area contributed by atoms with E-state index in [2.05, 4.69) is 9.82 Å². The minimum absolute atomic E-state index is 0.116. The van der Waals surface area contributed by atoms with E-state index in [9.17, 15) is 8.42 Å². The molecule has 0 saturated carbocycles. The number of aromatic nitrogens is 2. The molecular weight excluding hydrogens is 266 g/mol. The van der Waals surface area contributed by atoms with E-state index in [0.29, 0.717) is 25.9 Å². The van der Waals surface area contributed by atoms with Crippen LogP contribution in [0.3, 0.4) is 0 Å². The molecular formula is C11H21N5O2S.